The van der Waals surface area contributed by atoms with Crippen LogP contribution in [0.25, 0.3) is 0 Å². The molecule has 1 aromatic heterocycles. The average molecular weight is 418 g/mol. The second kappa shape index (κ2) is 7.86. The molecular weight excluding hydrogens is 398 g/mol. The van der Waals surface area contributed by atoms with E-state index in [2.05, 4.69) is 20.9 Å². The lowest BCUT2D eigenvalue weighted by atomic mass is 9.92. The summed E-state index contributed by atoms with van der Waals surface area (Å²) in [7, 11) is 0. The summed E-state index contributed by atoms with van der Waals surface area (Å²) in [6.07, 6.45) is 2.98. The molecule has 3 rings (SSSR count). The molecule has 0 aliphatic carbocycles. The van der Waals surface area contributed by atoms with Crippen LogP contribution in [0, 0.1) is 5.92 Å². The molecule has 0 unspecified atom stereocenters. The van der Waals surface area contributed by atoms with Gasteiger partial charge in [-0.2, -0.15) is 0 Å². The normalized spacial score (nSPS) is 19.8. The first kappa shape index (κ1) is 18.4. The lowest BCUT2D eigenvalue weighted by Crippen LogP contribution is -2.48. The Balaban J connectivity index is 1.71. The van der Waals surface area contributed by atoms with Crippen LogP contribution in [-0.2, 0) is 4.79 Å². The summed E-state index contributed by atoms with van der Waals surface area (Å²) < 4.78 is 6.59. The number of carbonyl (C=O) groups excluding carboxylic acids is 2. The van der Waals surface area contributed by atoms with Crippen LogP contribution in [-0.4, -0.2) is 34.3 Å². The number of hydrogen-bond donors (Lipinski definition) is 1. The first-order valence-electron chi connectivity index (χ1n) is 8.44. The van der Waals surface area contributed by atoms with Crippen LogP contribution in [0.15, 0.2) is 47.1 Å². The van der Waals surface area contributed by atoms with Gasteiger partial charge in [-0.15, -0.1) is 0 Å². The lowest BCUT2D eigenvalue weighted by Gasteiger charge is -2.36. The van der Waals surface area contributed by atoms with Crippen molar-refractivity contribution >= 4 is 27.7 Å². The number of nitrogens with zero attached hydrogens (tertiary/aromatic N) is 2. The highest BCUT2D eigenvalue weighted by molar-refractivity contribution is 9.10. The zero-order valence-electron chi connectivity index (χ0n) is 14.4. The van der Waals surface area contributed by atoms with Crippen LogP contribution in [0.4, 0.5) is 0 Å². The molecule has 1 fully saturated rings. The van der Waals surface area contributed by atoms with Crippen LogP contribution in [0.2, 0.25) is 0 Å². The van der Waals surface area contributed by atoms with Gasteiger partial charge in [-0.1, -0.05) is 22.0 Å². The van der Waals surface area contributed by atoms with Gasteiger partial charge in [-0.25, -0.2) is 4.98 Å². The molecule has 7 heteroatoms. The van der Waals surface area contributed by atoms with Crippen LogP contribution < -0.4 is 10.5 Å². The van der Waals surface area contributed by atoms with Crippen LogP contribution in [0.1, 0.15) is 30.1 Å². The maximum Gasteiger partial charge on any atom is 0.255 e. The highest BCUT2D eigenvalue weighted by Crippen LogP contribution is 2.25. The highest BCUT2D eigenvalue weighted by Gasteiger charge is 2.32. The van der Waals surface area contributed by atoms with Crippen molar-refractivity contribution in [3.8, 4) is 11.6 Å². The fraction of sp³-hybridized carbons (Fsp3) is 0.316. The van der Waals surface area contributed by atoms with Crippen molar-refractivity contribution in [1.29, 1.82) is 0 Å². The molecule has 2 heterocycles. The number of nitrogens with two attached hydrogens (primary N) is 1. The van der Waals surface area contributed by atoms with Gasteiger partial charge in [0.1, 0.15) is 5.75 Å². The molecular formula is C19H20BrN3O3. The van der Waals surface area contributed by atoms with Crippen molar-refractivity contribution in [1.82, 2.24) is 9.88 Å². The Hall–Kier alpha value is -2.41. The molecule has 0 bridgehead atoms. The van der Waals surface area contributed by atoms with Crippen molar-refractivity contribution < 1.29 is 14.3 Å². The Labute approximate surface area is 160 Å². The Morgan fingerprint density at radius 1 is 1.27 bits per heavy atom. The minimum atomic E-state index is -0.356. The van der Waals surface area contributed by atoms with E-state index < -0.39 is 0 Å². The molecule has 0 radical (unpaired) electrons. The summed E-state index contributed by atoms with van der Waals surface area (Å²) in [6.45, 7) is 2.33. The Morgan fingerprint density at radius 3 is 2.73 bits per heavy atom. The molecule has 1 aliphatic rings. The van der Waals surface area contributed by atoms with Crippen molar-refractivity contribution in [2.45, 2.75) is 25.8 Å². The van der Waals surface area contributed by atoms with E-state index in [4.69, 9.17) is 10.5 Å². The van der Waals surface area contributed by atoms with Crippen molar-refractivity contribution in [2.75, 3.05) is 6.54 Å². The number of halogens is 1. The van der Waals surface area contributed by atoms with Gasteiger partial charge in [0.05, 0.1) is 11.5 Å². The van der Waals surface area contributed by atoms with E-state index in [1.807, 2.05) is 31.2 Å². The van der Waals surface area contributed by atoms with Gasteiger partial charge >= 0.3 is 0 Å². The molecule has 136 valence electrons. The second-order valence-corrected chi connectivity index (χ2v) is 7.34. The average Bonchev–Trinajstić information content (AvgIpc) is 2.62. The molecule has 1 aromatic carbocycles. The summed E-state index contributed by atoms with van der Waals surface area (Å²) in [6, 6.07) is 10.8. The third kappa shape index (κ3) is 4.22. The first-order valence-corrected chi connectivity index (χ1v) is 9.23. The maximum absolute atomic E-state index is 12.8. The molecule has 2 atom stereocenters. The number of likely N-dealkylation sites (tertiary alicyclic amines) is 1. The minimum absolute atomic E-state index is 0.0655. The Morgan fingerprint density at radius 2 is 2.08 bits per heavy atom. The van der Waals surface area contributed by atoms with Gasteiger partial charge in [0.25, 0.3) is 5.91 Å². The third-order valence-corrected chi connectivity index (χ3v) is 5.04. The monoisotopic (exact) mass is 417 g/mol. The molecule has 2 N–H and O–H groups in total. The molecule has 1 aliphatic heterocycles. The summed E-state index contributed by atoms with van der Waals surface area (Å²) in [5.41, 5.74) is 5.87. The van der Waals surface area contributed by atoms with Crippen molar-refractivity contribution in [3.63, 3.8) is 0 Å². The smallest absolute Gasteiger partial charge is 0.255 e. The molecule has 2 aromatic rings. The van der Waals surface area contributed by atoms with Crippen LogP contribution >= 0.6 is 15.9 Å². The quantitative estimate of drug-likeness (QED) is 0.825. The second-order valence-electron chi connectivity index (χ2n) is 6.43. The van der Waals surface area contributed by atoms with Crippen molar-refractivity contribution in [3.05, 3.63) is 52.6 Å². The predicted octanol–water partition coefficient (Wildman–Crippen LogP) is 3.36. The minimum Gasteiger partial charge on any atom is -0.439 e. The number of carbonyl (C=O) groups is 2. The Kier molecular flexibility index (Phi) is 5.56. The number of pyridine rings is 1. The number of hydrogen-bond acceptors (Lipinski definition) is 4. The van der Waals surface area contributed by atoms with Crippen LogP contribution in [0.5, 0.6) is 11.6 Å². The van der Waals surface area contributed by atoms with E-state index in [9.17, 15) is 9.59 Å². The number of amides is 2. The van der Waals surface area contributed by atoms with Gasteiger partial charge < -0.3 is 15.4 Å². The standard InChI is InChI=1S/C19H20BrN3O3/c1-12-5-6-14(18(21)24)11-23(12)19(25)13-7-8-17(22-10-13)26-16-4-2-3-15(20)9-16/h2-4,7-10,12,14H,5-6,11H2,1H3,(H2,21,24)/t12-,14+/m0/s1. The number of rotatable bonds is 4. The highest BCUT2D eigenvalue weighted by atomic mass is 79.9. The number of benzene rings is 1. The van der Waals surface area contributed by atoms with E-state index in [0.29, 0.717) is 23.7 Å². The number of aromatic nitrogens is 1. The summed E-state index contributed by atoms with van der Waals surface area (Å²) in [5, 5.41) is 0. The number of ether oxygens (including phenoxy) is 1. The van der Waals surface area contributed by atoms with E-state index in [-0.39, 0.29) is 23.8 Å². The largest absolute Gasteiger partial charge is 0.439 e. The molecule has 0 saturated carbocycles. The number of piperidine rings is 1. The van der Waals surface area contributed by atoms with E-state index in [1.54, 1.807) is 17.0 Å². The molecule has 0 spiro atoms. The van der Waals surface area contributed by atoms with Crippen LogP contribution in [0.3, 0.4) is 0 Å². The predicted molar refractivity (Wildman–Crippen MR) is 101 cm³/mol. The van der Waals surface area contributed by atoms with E-state index >= 15 is 0 Å². The Bertz CT molecular complexity index is 810. The maximum atomic E-state index is 12.8. The van der Waals surface area contributed by atoms with Gasteiger partial charge in [0.2, 0.25) is 11.8 Å². The van der Waals surface area contributed by atoms with Crippen molar-refractivity contribution in [2.24, 2.45) is 11.7 Å². The van der Waals surface area contributed by atoms with E-state index in [0.717, 1.165) is 17.3 Å². The summed E-state index contributed by atoms with van der Waals surface area (Å²) in [5.74, 6) is 0.263. The molecule has 1 saturated heterocycles. The fourth-order valence-corrected chi connectivity index (χ4v) is 3.38. The van der Waals surface area contributed by atoms with Gasteiger partial charge in [0, 0.05) is 29.3 Å². The number of primary amides is 1. The van der Waals surface area contributed by atoms with Gasteiger partial charge in [-0.05, 0) is 44.0 Å². The van der Waals surface area contributed by atoms with Gasteiger partial charge in [-0.3, -0.25) is 9.59 Å². The molecule has 6 nitrogen and oxygen atoms in total. The lowest BCUT2D eigenvalue weighted by molar-refractivity contribution is -0.123. The zero-order chi connectivity index (χ0) is 18.7. The SMILES string of the molecule is C[C@H]1CC[C@@H](C(N)=O)CN1C(=O)c1ccc(Oc2cccc(Br)c2)nc1. The van der Waals surface area contributed by atoms with E-state index in [1.165, 1.54) is 6.20 Å². The third-order valence-electron chi connectivity index (χ3n) is 4.55. The fourth-order valence-electron chi connectivity index (χ4n) is 3.01. The molecule has 2 amide bonds. The summed E-state index contributed by atoms with van der Waals surface area (Å²) in [4.78, 5) is 30.2. The molecule has 26 heavy (non-hydrogen) atoms. The zero-order valence-corrected chi connectivity index (χ0v) is 16.0. The van der Waals surface area contributed by atoms with Gasteiger partial charge in [0.15, 0.2) is 0 Å². The topological polar surface area (TPSA) is 85.5 Å². The summed E-state index contributed by atoms with van der Waals surface area (Å²) >= 11 is 3.39. The first-order chi connectivity index (χ1) is 12.4.